The lowest BCUT2D eigenvalue weighted by Gasteiger charge is -2.17. The summed E-state index contributed by atoms with van der Waals surface area (Å²) in [5, 5.41) is 25.5. The molecule has 0 aromatic carbocycles. The molecule has 6 nitrogen and oxygen atoms in total. The highest BCUT2D eigenvalue weighted by Crippen LogP contribution is 1.84. The van der Waals surface area contributed by atoms with Crippen molar-refractivity contribution in [3.63, 3.8) is 0 Å². The highest BCUT2D eigenvalue weighted by molar-refractivity contribution is 5.84. The molecule has 0 aliphatic carbocycles. The van der Waals surface area contributed by atoms with Crippen molar-refractivity contribution in [2.24, 2.45) is 5.73 Å². The number of carbonyl (C=O) groups is 1. The number of carbonyl (C=O) groups excluding carboxylic acids is 1. The molecule has 0 bridgehead atoms. The summed E-state index contributed by atoms with van der Waals surface area (Å²) in [5.41, 5.74) is 4.53. The summed E-state index contributed by atoms with van der Waals surface area (Å²) in [6.07, 6.45) is 1.06. The molecule has 15 heavy (non-hydrogen) atoms. The van der Waals surface area contributed by atoms with Crippen molar-refractivity contribution in [3.05, 3.63) is 12.7 Å². The SMILES string of the molecule is C=CC(N)=O.OCCN(CCO)CCO. The predicted octanol–water partition coefficient (Wildman–Crippen LogP) is -2.08. The summed E-state index contributed by atoms with van der Waals surface area (Å²) in [7, 11) is 0. The monoisotopic (exact) mass is 220 g/mol. The highest BCUT2D eigenvalue weighted by atomic mass is 16.3. The Kier molecular flexibility index (Phi) is 14.3. The first kappa shape index (κ1) is 16.5. The number of primary amides is 1. The Morgan fingerprint density at radius 3 is 1.53 bits per heavy atom. The average Bonchev–Trinajstić information content (AvgIpc) is 2.20. The van der Waals surface area contributed by atoms with E-state index in [2.05, 4.69) is 12.3 Å². The second kappa shape index (κ2) is 13.1. The molecule has 0 spiro atoms. The third-order valence-electron chi connectivity index (χ3n) is 1.45. The molecular formula is C9H20N2O4. The normalized spacial score (nSPS) is 9.33. The van der Waals surface area contributed by atoms with E-state index in [0.29, 0.717) is 19.6 Å². The zero-order valence-corrected chi connectivity index (χ0v) is 8.80. The van der Waals surface area contributed by atoms with Crippen molar-refractivity contribution < 1.29 is 20.1 Å². The standard InChI is InChI=1S/C6H15NO3.C3H5NO/c8-4-1-7(2-5-9)3-6-10;1-2-3(4)5/h8-10H,1-6H2;2H,1H2,(H2,4,5). The van der Waals surface area contributed by atoms with Crippen LogP contribution >= 0.6 is 0 Å². The molecular weight excluding hydrogens is 200 g/mol. The molecule has 0 aliphatic rings. The minimum atomic E-state index is -0.481. The number of amides is 1. The van der Waals surface area contributed by atoms with E-state index in [1.54, 1.807) is 4.90 Å². The minimum absolute atomic E-state index is 0.0694. The molecule has 0 atom stereocenters. The lowest BCUT2D eigenvalue weighted by Crippen LogP contribution is -2.32. The van der Waals surface area contributed by atoms with E-state index in [9.17, 15) is 4.79 Å². The van der Waals surface area contributed by atoms with Gasteiger partial charge in [-0.15, -0.1) is 0 Å². The first-order valence-corrected chi connectivity index (χ1v) is 4.59. The lowest BCUT2D eigenvalue weighted by atomic mass is 10.4. The largest absolute Gasteiger partial charge is 0.395 e. The Bertz CT molecular complexity index is 150. The van der Waals surface area contributed by atoms with E-state index in [-0.39, 0.29) is 19.8 Å². The molecule has 0 rings (SSSR count). The second-order valence-electron chi connectivity index (χ2n) is 2.62. The molecule has 0 aromatic rings. The highest BCUT2D eigenvalue weighted by Gasteiger charge is 2.00. The van der Waals surface area contributed by atoms with E-state index in [1.807, 2.05) is 0 Å². The van der Waals surface area contributed by atoms with E-state index in [1.165, 1.54) is 0 Å². The second-order valence-corrected chi connectivity index (χ2v) is 2.62. The van der Waals surface area contributed by atoms with Crippen LogP contribution in [-0.2, 0) is 4.79 Å². The molecule has 0 unspecified atom stereocenters. The number of aliphatic hydroxyl groups excluding tert-OH is 3. The number of nitrogens with zero attached hydrogens (tertiary/aromatic N) is 1. The van der Waals surface area contributed by atoms with Gasteiger partial charge >= 0.3 is 0 Å². The van der Waals surface area contributed by atoms with Crippen LogP contribution in [-0.4, -0.2) is 65.6 Å². The quantitative estimate of drug-likeness (QED) is 0.368. The van der Waals surface area contributed by atoms with Crippen molar-refractivity contribution in [1.29, 1.82) is 0 Å². The van der Waals surface area contributed by atoms with Crippen LogP contribution in [0.5, 0.6) is 0 Å². The van der Waals surface area contributed by atoms with Gasteiger partial charge in [0.2, 0.25) is 5.91 Å². The zero-order valence-electron chi connectivity index (χ0n) is 8.80. The predicted molar refractivity (Wildman–Crippen MR) is 57.1 cm³/mol. The van der Waals surface area contributed by atoms with Gasteiger partial charge in [-0.25, -0.2) is 0 Å². The van der Waals surface area contributed by atoms with Crippen molar-refractivity contribution in [1.82, 2.24) is 4.90 Å². The van der Waals surface area contributed by atoms with Gasteiger partial charge in [0, 0.05) is 19.6 Å². The van der Waals surface area contributed by atoms with Gasteiger partial charge in [0.05, 0.1) is 19.8 Å². The molecule has 0 aliphatic heterocycles. The van der Waals surface area contributed by atoms with Gasteiger partial charge in [-0.3, -0.25) is 9.69 Å². The molecule has 6 heteroatoms. The van der Waals surface area contributed by atoms with Crippen molar-refractivity contribution in [2.45, 2.75) is 0 Å². The summed E-state index contributed by atoms with van der Waals surface area (Å²) in [4.78, 5) is 11.3. The van der Waals surface area contributed by atoms with E-state index < -0.39 is 5.91 Å². The number of nitrogens with two attached hydrogens (primary N) is 1. The first-order chi connectivity index (χ1) is 7.12. The van der Waals surface area contributed by atoms with Crippen LogP contribution in [0.1, 0.15) is 0 Å². The number of hydrogen-bond donors (Lipinski definition) is 4. The molecule has 1 amide bonds. The van der Waals surface area contributed by atoms with Gasteiger partial charge in [0.1, 0.15) is 0 Å². The number of hydrogen-bond acceptors (Lipinski definition) is 5. The number of aliphatic hydroxyl groups is 3. The van der Waals surface area contributed by atoms with Gasteiger partial charge < -0.3 is 21.1 Å². The molecule has 0 saturated heterocycles. The molecule has 0 heterocycles. The van der Waals surface area contributed by atoms with Crippen LogP contribution in [0.2, 0.25) is 0 Å². The Balaban J connectivity index is 0. The lowest BCUT2D eigenvalue weighted by molar-refractivity contribution is -0.113. The maximum atomic E-state index is 9.47. The third-order valence-corrected chi connectivity index (χ3v) is 1.45. The fourth-order valence-corrected chi connectivity index (χ4v) is 0.760. The van der Waals surface area contributed by atoms with Gasteiger partial charge in [-0.1, -0.05) is 6.58 Å². The van der Waals surface area contributed by atoms with E-state index in [0.717, 1.165) is 6.08 Å². The molecule has 0 fully saturated rings. The van der Waals surface area contributed by atoms with Crippen molar-refractivity contribution >= 4 is 5.91 Å². The fraction of sp³-hybridized carbons (Fsp3) is 0.667. The smallest absolute Gasteiger partial charge is 0.240 e. The summed E-state index contributed by atoms with van der Waals surface area (Å²) in [6.45, 7) is 4.84. The van der Waals surface area contributed by atoms with Crippen LogP contribution < -0.4 is 5.73 Å². The Morgan fingerprint density at radius 1 is 1.13 bits per heavy atom. The fourth-order valence-electron chi connectivity index (χ4n) is 0.760. The van der Waals surface area contributed by atoms with Crippen LogP contribution in [0.15, 0.2) is 12.7 Å². The summed E-state index contributed by atoms with van der Waals surface area (Å²) in [5.74, 6) is -0.481. The summed E-state index contributed by atoms with van der Waals surface area (Å²) >= 11 is 0. The van der Waals surface area contributed by atoms with Crippen molar-refractivity contribution in [3.8, 4) is 0 Å². The summed E-state index contributed by atoms with van der Waals surface area (Å²) in [6, 6.07) is 0. The van der Waals surface area contributed by atoms with Gasteiger partial charge in [-0.05, 0) is 6.08 Å². The average molecular weight is 220 g/mol. The van der Waals surface area contributed by atoms with E-state index in [4.69, 9.17) is 15.3 Å². The topological polar surface area (TPSA) is 107 Å². The molecule has 0 radical (unpaired) electrons. The Hall–Kier alpha value is -0.950. The first-order valence-electron chi connectivity index (χ1n) is 4.59. The summed E-state index contributed by atoms with van der Waals surface area (Å²) < 4.78 is 0. The molecule has 0 aromatic heterocycles. The number of rotatable bonds is 7. The zero-order chi connectivity index (χ0) is 12.1. The third kappa shape index (κ3) is 15.8. The molecule has 0 saturated carbocycles. The Morgan fingerprint density at radius 2 is 1.40 bits per heavy atom. The maximum absolute atomic E-state index is 9.47. The molecule has 90 valence electrons. The van der Waals surface area contributed by atoms with Gasteiger partial charge in [-0.2, -0.15) is 0 Å². The van der Waals surface area contributed by atoms with Gasteiger partial charge in [0.25, 0.3) is 0 Å². The Labute approximate surface area is 89.6 Å². The van der Waals surface area contributed by atoms with Crippen LogP contribution in [0.3, 0.4) is 0 Å². The van der Waals surface area contributed by atoms with E-state index >= 15 is 0 Å². The molecule has 5 N–H and O–H groups in total. The minimum Gasteiger partial charge on any atom is -0.395 e. The van der Waals surface area contributed by atoms with Crippen molar-refractivity contribution in [2.75, 3.05) is 39.5 Å². The van der Waals surface area contributed by atoms with Gasteiger partial charge in [0.15, 0.2) is 0 Å². The maximum Gasteiger partial charge on any atom is 0.240 e. The van der Waals surface area contributed by atoms with Crippen LogP contribution in [0, 0.1) is 0 Å². The van der Waals surface area contributed by atoms with Crippen LogP contribution in [0.25, 0.3) is 0 Å². The van der Waals surface area contributed by atoms with Crippen LogP contribution in [0.4, 0.5) is 0 Å².